The Morgan fingerprint density at radius 3 is 2.67 bits per heavy atom. The van der Waals surface area contributed by atoms with Crippen LogP contribution in [0.5, 0.6) is 5.88 Å². The normalized spacial score (nSPS) is 22.4. The Morgan fingerprint density at radius 2 is 1.97 bits per heavy atom. The van der Waals surface area contributed by atoms with Gasteiger partial charge in [-0.1, -0.05) is 12.8 Å². The van der Waals surface area contributed by atoms with Gasteiger partial charge < -0.3 is 18.9 Å². The summed E-state index contributed by atoms with van der Waals surface area (Å²) in [6, 6.07) is 8.10. The molecule has 0 bridgehead atoms. The second-order valence-corrected chi connectivity index (χ2v) is 8.82. The van der Waals surface area contributed by atoms with E-state index in [1.54, 1.807) is 0 Å². The molecule has 0 saturated carbocycles. The van der Waals surface area contributed by atoms with Crippen LogP contribution in [0.2, 0.25) is 0 Å². The minimum atomic E-state index is -0.175. The van der Waals surface area contributed by atoms with Crippen molar-refractivity contribution < 1.29 is 9.47 Å². The molecule has 0 radical (unpaired) electrons. The van der Waals surface area contributed by atoms with Crippen LogP contribution in [-0.4, -0.2) is 58.7 Å². The number of rotatable bonds is 8. The standard InChI is InChI=1S/C24H34N4O2/c1-20-9-7-14-28(20)15-8-16-29-22-11-10-21(17-25-22)23-26-24(2,19-30-23)18-27-12-5-3-4-6-13-27/h7,9-11,14,17H,3-6,8,12-13,15-16,18-19H2,1-2H3. The molecule has 2 aromatic heterocycles. The smallest absolute Gasteiger partial charge is 0.218 e. The van der Waals surface area contributed by atoms with E-state index in [1.165, 1.54) is 44.5 Å². The number of aromatic nitrogens is 2. The molecule has 1 saturated heterocycles. The van der Waals surface area contributed by atoms with Gasteiger partial charge in [-0.3, -0.25) is 0 Å². The molecule has 0 amide bonds. The molecule has 2 aliphatic rings. The van der Waals surface area contributed by atoms with Gasteiger partial charge in [-0.15, -0.1) is 0 Å². The first-order valence-electron chi connectivity index (χ1n) is 11.3. The maximum atomic E-state index is 5.96. The average molecular weight is 411 g/mol. The highest BCUT2D eigenvalue weighted by Crippen LogP contribution is 2.24. The van der Waals surface area contributed by atoms with Crippen LogP contribution in [0.3, 0.4) is 0 Å². The molecule has 6 heteroatoms. The molecule has 2 aromatic rings. The largest absolute Gasteiger partial charge is 0.478 e. The number of aliphatic imine (C=N–C) groups is 1. The van der Waals surface area contributed by atoms with Crippen molar-refractivity contribution in [2.75, 3.05) is 32.8 Å². The zero-order valence-electron chi connectivity index (χ0n) is 18.3. The molecule has 1 fully saturated rings. The maximum Gasteiger partial charge on any atom is 0.218 e. The van der Waals surface area contributed by atoms with Gasteiger partial charge in [0.15, 0.2) is 0 Å². The molecule has 1 unspecified atom stereocenters. The Balaban J connectivity index is 1.28. The summed E-state index contributed by atoms with van der Waals surface area (Å²) in [7, 11) is 0. The summed E-state index contributed by atoms with van der Waals surface area (Å²) in [6.45, 7) is 9.88. The molecule has 4 heterocycles. The van der Waals surface area contributed by atoms with Crippen molar-refractivity contribution in [2.24, 2.45) is 4.99 Å². The monoisotopic (exact) mass is 410 g/mol. The number of nitrogens with zero attached hydrogens (tertiary/aromatic N) is 4. The lowest BCUT2D eigenvalue weighted by molar-refractivity contribution is 0.186. The average Bonchev–Trinajstić information content (AvgIpc) is 3.23. The minimum absolute atomic E-state index is 0.175. The van der Waals surface area contributed by atoms with Gasteiger partial charge in [0.05, 0.1) is 12.2 Å². The third kappa shape index (κ3) is 5.42. The van der Waals surface area contributed by atoms with Gasteiger partial charge in [0.1, 0.15) is 12.1 Å². The van der Waals surface area contributed by atoms with Crippen LogP contribution in [0.1, 0.15) is 50.3 Å². The van der Waals surface area contributed by atoms with E-state index in [1.807, 2.05) is 18.3 Å². The summed E-state index contributed by atoms with van der Waals surface area (Å²) in [4.78, 5) is 11.9. The Kier molecular flexibility index (Phi) is 6.72. The molecule has 4 rings (SSSR count). The summed E-state index contributed by atoms with van der Waals surface area (Å²) in [5, 5.41) is 0. The van der Waals surface area contributed by atoms with E-state index < -0.39 is 0 Å². The van der Waals surface area contributed by atoms with Crippen LogP contribution in [0.4, 0.5) is 0 Å². The van der Waals surface area contributed by atoms with Crippen molar-refractivity contribution in [3.05, 3.63) is 47.9 Å². The second kappa shape index (κ2) is 9.65. The highest BCUT2D eigenvalue weighted by atomic mass is 16.5. The van der Waals surface area contributed by atoms with E-state index in [-0.39, 0.29) is 5.54 Å². The van der Waals surface area contributed by atoms with Crippen LogP contribution in [0, 0.1) is 6.92 Å². The molecule has 0 aromatic carbocycles. The van der Waals surface area contributed by atoms with E-state index in [0.29, 0.717) is 25.0 Å². The van der Waals surface area contributed by atoms with Crippen molar-refractivity contribution in [3.63, 3.8) is 0 Å². The summed E-state index contributed by atoms with van der Waals surface area (Å²) < 4.78 is 14.0. The Morgan fingerprint density at radius 1 is 1.13 bits per heavy atom. The van der Waals surface area contributed by atoms with Crippen molar-refractivity contribution in [2.45, 2.75) is 58.0 Å². The molecule has 0 aliphatic carbocycles. The molecule has 162 valence electrons. The van der Waals surface area contributed by atoms with E-state index in [2.05, 4.69) is 46.6 Å². The van der Waals surface area contributed by atoms with Crippen molar-refractivity contribution in [1.82, 2.24) is 14.5 Å². The van der Waals surface area contributed by atoms with E-state index in [4.69, 9.17) is 14.5 Å². The Bertz CT molecular complexity index is 837. The molecule has 0 N–H and O–H groups in total. The Hall–Kier alpha value is -2.34. The van der Waals surface area contributed by atoms with Gasteiger partial charge >= 0.3 is 0 Å². The van der Waals surface area contributed by atoms with Crippen molar-refractivity contribution >= 4 is 5.90 Å². The molecule has 2 aliphatic heterocycles. The zero-order chi connectivity index (χ0) is 20.8. The molecular weight excluding hydrogens is 376 g/mol. The first-order chi connectivity index (χ1) is 14.6. The van der Waals surface area contributed by atoms with Gasteiger partial charge in [0, 0.05) is 37.2 Å². The van der Waals surface area contributed by atoms with Gasteiger partial charge in [-0.2, -0.15) is 0 Å². The van der Waals surface area contributed by atoms with E-state index >= 15 is 0 Å². The highest BCUT2D eigenvalue weighted by Gasteiger charge is 2.34. The number of pyridine rings is 1. The second-order valence-electron chi connectivity index (χ2n) is 8.82. The fourth-order valence-corrected chi connectivity index (χ4v) is 4.29. The molecule has 6 nitrogen and oxygen atoms in total. The fraction of sp³-hybridized carbons (Fsp3) is 0.583. The summed E-state index contributed by atoms with van der Waals surface area (Å²) in [6.07, 6.45) is 10.2. The van der Waals surface area contributed by atoms with Gasteiger partial charge in [-0.05, 0) is 64.4 Å². The summed E-state index contributed by atoms with van der Waals surface area (Å²) >= 11 is 0. The lowest BCUT2D eigenvalue weighted by Gasteiger charge is -2.28. The maximum absolute atomic E-state index is 5.96. The number of aryl methyl sites for hydroxylation is 2. The van der Waals surface area contributed by atoms with Gasteiger partial charge in [0.2, 0.25) is 11.8 Å². The first kappa shape index (κ1) is 20.9. The summed E-state index contributed by atoms with van der Waals surface area (Å²) in [5.41, 5.74) is 2.02. The Labute approximate surface area is 179 Å². The number of hydrogen-bond donors (Lipinski definition) is 0. The third-order valence-corrected chi connectivity index (χ3v) is 5.99. The predicted octanol–water partition coefficient (Wildman–Crippen LogP) is 4.07. The fourth-order valence-electron chi connectivity index (χ4n) is 4.29. The molecule has 1 atom stereocenters. The lowest BCUT2D eigenvalue weighted by Crippen LogP contribution is -2.41. The lowest BCUT2D eigenvalue weighted by atomic mass is 10.0. The third-order valence-electron chi connectivity index (χ3n) is 5.99. The highest BCUT2D eigenvalue weighted by molar-refractivity contribution is 5.95. The number of hydrogen-bond acceptors (Lipinski definition) is 5. The van der Waals surface area contributed by atoms with Crippen LogP contribution < -0.4 is 4.74 Å². The zero-order valence-corrected chi connectivity index (χ0v) is 18.3. The van der Waals surface area contributed by atoms with Crippen molar-refractivity contribution in [3.8, 4) is 5.88 Å². The van der Waals surface area contributed by atoms with Crippen molar-refractivity contribution in [1.29, 1.82) is 0 Å². The molecule has 30 heavy (non-hydrogen) atoms. The quantitative estimate of drug-likeness (QED) is 0.616. The topological polar surface area (TPSA) is 51.9 Å². The van der Waals surface area contributed by atoms with Crippen LogP contribution in [0.25, 0.3) is 0 Å². The van der Waals surface area contributed by atoms with E-state index in [0.717, 1.165) is 25.1 Å². The van der Waals surface area contributed by atoms with Gasteiger partial charge in [0.25, 0.3) is 0 Å². The van der Waals surface area contributed by atoms with Gasteiger partial charge in [-0.25, -0.2) is 9.98 Å². The van der Waals surface area contributed by atoms with Crippen LogP contribution in [-0.2, 0) is 11.3 Å². The predicted molar refractivity (Wildman–Crippen MR) is 119 cm³/mol. The molecular formula is C24H34N4O2. The summed E-state index contributed by atoms with van der Waals surface area (Å²) in [5.74, 6) is 1.35. The number of likely N-dealkylation sites (tertiary alicyclic amines) is 1. The number of ether oxygens (including phenoxy) is 2. The SMILES string of the molecule is Cc1cccn1CCCOc1ccc(C2=NC(C)(CN3CCCCCC3)CO2)cn1. The van der Waals surface area contributed by atoms with Crippen LogP contribution in [0.15, 0.2) is 41.7 Å². The first-order valence-corrected chi connectivity index (χ1v) is 11.3. The minimum Gasteiger partial charge on any atom is -0.478 e. The van der Waals surface area contributed by atoms with Crippen LogP contribution >= 0.6 is 0 Å². The molecule has 0 spiro atoms. The van der Waals surface area contributed by atoms with E-state index in [9.17, 15) is 0 Å².